The average Bonchev–Trinajstić information content (AvgIpc) is 2.37. The van der Waals surface area contributed by atoms with Crippen molar-refractivity contribution in [3.63, 3.8) is 0 Å². The lowest BCUT2D eigenvalue weighted by Crippen LogP contribution is -2.37. The minimum absolute atomic E-state index is 0.0778. The van der Waals surface area contributed by atoms with Crippen molar-refractivity contribution >= 4 is 16.3 Å². The van der Waals surface area contributed by atoms with Gasteiger partial charge in [0.25, 0.3) is 0 Å². The smallest absolute Gasteiger partial charge is 0.305 e. The number of nitrogens with one attached hydrogen (secondary N) is 1. The Morgan fingerprint density at radius 3 is 2.22 bits per heavy atom. The first-order valence-corrected chi connectivity index (χ1v) is 9.63. The van der Waals surface area contributed by atoms with E-state index >= 15 is 0 Å². The van der Waals surface area contributed by atoms with Gasteiger partial charge in [0.15, 0.2) is 10.3 Å². The van der Waals surface area contributed by atoms with Crippen LogP contribution < -0.4 is 4.72 Å². The normalized spacial score (nSPS) is 16.4. The number of carbonyl (C=O) groups is 1. The van der Waals surface area contributed by atoms with Gasteiger partial charge >= 0.3 is 5.97 Å². The highest BCUT2D eigenvalue weighted by Crippen LogP contribution is 2.17. The second-order valence-corrected chi connectivity index (χ2v) is 8.04. The molecule has 0 amide bonds. The van der Waals surface area contributed by atoms with Gasteiger partial charge in [0.05, 0.1) is 21.1 Å². The molecule has 0 radical (unpaired) electrons. The molecule has 1 rings (SSSR count). The molecule has 0 aliphatic heterocycles. The fourth-order valence-corrected chi connectivity index (χ4v) is 2.78. The van der Waals surface area contributed by atoms with Crippen molar-refractivity contribution in [3.05, 3.63) is 0 Å². The summed E-state index contributed by atoms with van der Waals surface area (Å²) < 4.78 is 38.6. The fraction of sp³-hybridized carbons (Fsp3) is 0.933. The first kappa shape index (κ1) is 22.3. The average molecular weight is 352 g/mol. The highest BCUT2D eigenvalue weighted by molar-refractivity contribution is 7.83. The molecule has 0 aromatic heterocycles. The number of likely N-dealkylation sites (N-methyl/N-ethyl adjacent to an activating group) is 1. The molecule has 8 heteroatoms. The first-order valence-electron chi connectivity index (χ1n) is 8.22. The Morgan fingerprint density at radius 1 is 1.22 bits per heavy atom. The third kappa shape index (κ3) is 16.0. The van der Waals surface area contributed by atoms with E-state index in [4.69, 9.17) is 4.74 Å². The van der Waals surface area contributed by atoms with Gasteiger partial charge in [-0.05, 0) is 19.3 Å². The van der Waals surface area contributed by atoms with Gasteiger partial charge in [-0.2, -0.15) is 0 Å². The van der Waals surface area contributed by atoms with Gasteiger partial charge in [-0.1, -0.05) is 26.2 Å². The predicted molar refractivity (Wildman–Crippen MR) is 88.5 cm³/mol. The van der Waals surface area contributed by atoms with E-state index in [0.29, 0.717) is 13.0 Å². The van der Waals surface area contributed by atoms with Gasteiger partial charge in [0.2, 0.25) is 0 Å². The Kier molecular flexibility index (Phi) is 10.6. The summed E-state index contributed by atoms with van der Waals surface area (Å²) in [6.07, 6.45) is 6.21. The Bertz CT molecular complexity index is 426. The van der Waals surface area contributed by atoms with Gasteiger partial charge < -0.3 is 13.8 Å². The van der Waals surface area contributed by atoms with E-state index in [-0.39, 0.29) is 12.0 Å². The molecule has 0 aromatic carbocycles. The van der Waals surface area contributed by atoms with Gasteiger partial charge in [-0.25, -0.2) is 13.1 Å². The standard InChI is InChI=1S/C9H20NO2.C6H13NO3S/c1-5-6-9(11)12-8-7-10(2,3)4;8-11(9,10)7-6-4-2-1-3-5-6/h5-8H2,1-4H3;6-7H,1-5H2,(H,8,9,10)/q+1;/p-1. The molecule has 0 bridgehead atoms. The molecule has 0 saturated heterocycles. The third-order valence-corrected chi connectivity index (χ3v) is 4.02. The Morgan fingerprint density at radius 2 is 1.78 bits per heavy atom. The van der Waals surface area contributed by atoms with Crippen LogP contribution in [0.5, 0.6) is 0 Å². The zero-order valence-electron chi connectivity index (χ0n) is 14.8. The van der Waals surface area contributed by atoms with E-state index < -0.39 is 10.3 Å². The van der Waals surface area contributed by atoms with E-state index in [0.717, 1.165) is 49.6 Å². The van der Waals surface area contributed by atoms with E-state index in [1.54, 1.807) is 0 Å². The van der Waals surface area contributed by atoms with Crippen LogP contribution in [0.4, 0.5) is 0 Å². The van der Waals surface area contributed by atoms with Crippen LogP contribution in [0.25, 0.3) is 0 Å². The van der Waals surface area contributed by atoms with Crippen LogP contribution in [-0.2, 0) is 19.8 Å². The van der Waals surface area contributed by atoms with Crippen LogP contribution in [0.15, 0.2) is 0 Å². The molecule has 1 aliphatic rings. The van der Waals surface area contributed by atoms with Crippen molar-refractivity contribution in [2.24, 2.45) is 0 Å². The van der Waals surface area contributed by atoms with Crippen LogP contribution in [0.3, 0.4) is 0 Å². The molecule has 1 fully saturated rings. The first-order chi connectivity index (χ1) is 10.5. The summed E-state index contributed by atoms with van der Waals surface area (Å²) in [6, 6.07) is -0.105. The van der Waals surface area contributed by atoms with Crippen molar-refractivity contribution in [3.8, 4) is 0 Å². The number of nitrogens with zero attached hydrogens (tertiary/aromatic N) is 1. The zero-order valence-corrected chi connectivity index (χ0v) is 15.7. The number of hydrogen-bond acceptors (Lipinski definition) is 5. The Balaban J connectivity index is 0.000000422. The van der Waals surface area contributed by atoms with Gasteiger partial charge in [-0.3, -0.25) is 4.79 Å². The lowest BCUT2D eigenvalue weighted by Gasteiger charge is -2.23. The van der Waals surface area contributed by atoms with E-state index in [1.807, 2.05) is 6.92 Å². The molecule has 7 nitrogen and oxygen atoms in total. The maximum Gasteiger partial charge on any atom is 0.305 e. The lowest BCUT2D eigenvalue weighted by atomic mass is 9.96. The minimum Gasteiger partial charge on any atom is -0.735 e. The fourth-order valence-electron chi connectivity index (χ4n) is 2.13. The molecule has 0 spiro atoms. The predicted octanol–water partition coefficient (Wildman–Crippen LogP) is 1.40. The molecule has 0 heterocycles. The summed E-state index contributed by atoms with van der Waals surface area (Å²) >= 11 is 0. The molecule has 23 heavy (non-hydrogen) atoms. The van der Waals surface area contributed by atoms with Crippen molar-refractivity contribution in [2.75, 3.05) is 34.3 Å². The molecular weight excluding hydrogens is 320 g/mol. The molecule has 0 atom stereocenters. The van der Waals surface area contributed by atoms with Gasteiger partial charge in [0, 0.05) is 12.5 Å². The highest BCUT2D eigenvalue weighted by Gasteiger charge is 2.14. The summed E-state index contributed by atoms with van der Waals surface area (Å²) in [5, 5.41) is 0. The number of rotatable bonds is 7. The second-order valence-electron chi connectivity index (χ2n) is 6.89. The summed E-state index contributed by atoms with van der Waals surface area (Å²) in [5.41, 5.74) is 0. The molecule has 1 aliphatic carbocycles. The molecule has 1 N–H and O–H groups in total. The van der Waals surface area contributed by atoms with Gasteiger partial charge in [-0.15, -0.1) is 0 Å². The van der Waals surface area contributed by atoms with Crippen LogP contribution in [-0.4, -0.2) is 63.8 Å². The highest BCUT2D eigenvalue weighted by atomic mass is 32.2. The molecular formula is C15H32N2O5S. The second kappa shape index (κ2) is 11.0. The van der Waals surface area contributed by atoms with Crippen molar-refractivity contribution in [1.29, 1.82) is 0 Å². The summed E-state index contributed by atoms with van der Waals surface area (Å²) in [6.45, 7) is 3.37. The minimum atomic E-state index is -4.22. The van der Waals surface area contributed by atoms with Crippen molar-refractivity contribution < 1.29 is 27.0 Å². The van der Waals surface area contributed by atoms with Gasteiger partial charge in [0.1, 0.15) is 13.2 Å². The lowest BCUT2D eigenvalue weighted by molar-refractivity contribution is -0.870. The number of ether oxygens (including phenoxy) is 1. The Labute approximate surface area is 140 Å². The van der Waals surface area contributed by atoms with Crippen LogP contribution in [0.1, 0.15) is 51.9 Å². The monoisotopic (exact) mass is 352 g/mol. The largest absolute Gasteiger partial charge is 0.735 e. The molecule has 1 saturated carbocycles. The maximum absolute atomic E-state index is 10.9. The van der Waals surface area contributed by atoms with Crippen LogP contribution >= 0.6 is 0 Å². The number of carbonyl (C=O) groups excluding carboxylic acids is 1. The molecule has 0 unspecified atom stereocenters. The van der Waals surface area contributed by atoms with Crippen molar-refractivity contribution in [2.45, 2.75) is 57.9 Å². The van der Waals surface area contributed by atoms with Crippen molar-refractivity contribution in [1.82, 2.24) is 4.72 Å². The quantitative estimate of drug-likeness (QED) is 0.424. The summed E-state index contributed by atoms with van der Waals surface area (Å²) in [7, 11) is 2.01. The van der Waals surface area contributed by atoms with E-state index in [2.05, 4.69) is 25.9 Å². The molecule has 0 aromatic rings. The third-order valence-electron chi connectivity index (χ3n) is 3.40. The maximum atomic E-state index is 10.9. The van der Waals surface area contributed by atoms with E-state index in [9.17, 15) is 17.8 Å². The number of quaternary nitrogens is 1. The van der Waals surface area contributed by atoms with Crippen LogP contribution in [0.2, 0.25) is 0 Å². The summed E-state index contributed by atoms with van der Waals surface area (Å²) in [4.78, 5) is 10.9. The van der Waals surface area contributed by atoms with Crippen LogP contribution in [0, 0.1) is 0 Å². The zero-order chi connectivity index (χ0) is 17.9. The van der Waals surface area contributed by atoms with E-state index in [1.165, 1.54) is 0 Å². The summed E-state index contributed by atoms with van der Waals surface area (Å²) in [5.74, 6) is -0.0778. The topological polar surface area (TPSA) is 95.5 Å². The number of esters is 1. The Hall–Kier alpha value is -0.700. The number of hydrogen-bond donors (Lipinski definition) is 1. The SMILES string of the molecule is CCCC(=O)OCC[N+](C)(C)C.O=S(=O)([O-])NC1CCCCC1. The molecule has 138 valence electrons.